The van der Waals surface area contributed by atoms with Crippen molar-refractivity contribution >= 4 is 23.5 Å². The highest BCUT2D eigenvalue weighted by Gasteiger charge is 2.50. The molecule has 0 aromatic heterocycles. The monoisotopic (exact) mass is 352 g/mol. The highest BCUT2D eigenvalue weighted by Crippen LogP contribution is 2.40. The van der Waals surface area contributed by atoms with Crippen molar-refractivity contribution in [1.82, 2.24) is 5.32 Å². The third-order valence-electron chi connectivity index (χ3n) is 4.92. The van der Waals surface area contributed by atoms with Gasteiger partial charge in [-0.25, -0.2) is 13.6 Å². The lowest BCUT2D eigenvalue weighted by molar-refractivity contribution is -0.148. The second-order valence-electron chi connectivity index (χ2n) is 6.77. The minimum Gasteiger partial charge on any atom is -0.480 e. The minimum absolute atomic E-state index is 0.0758. The zero-order chi connectivity index (χ0) is 18.4. The van der Waals surface area contributed by atoms with Crippen LogP contribution in [0.15, 0.2) is 18.2 Å². The Morgan fingerprint density at radius 2 is 2.00 bits per heavy atom. The predicted octanol–water partition coefficient (Wildman–Crippen LogP) is 1.69. The number of halogens is 2. The molecule has 3 rings (SSSR count). The first-order chi connectivity index (χ1) is 11.7. The summed E-state index contributed by atoms with van der Waals surface area (Å²) >= 11 is 0. The van der Waals surface area contributed by atoms with Crippen LogP contribution in [0, 0.1) is 23.5 Å². The molecule has 2 N–H and O–H groups in total. The lowest BCUT2D eigenvalue weighted by atomic mass is 9.94. The Labute approximate surface area is 142 Å². The summed E-state index contributed by atoms with van der Waals surface area (Å²) in [5, 5.41) is 11.9. The number of aliphatic carboxylic acids is 1. The number of amides is 2. The molecule has 8 heteroatoms. The molecule has 1 aliphatic heterocycles. The molecule has 1 saturated carbocycles. The van der Waals surface area contributed by atoms with Crippen LogP contribution in [0.25, 0.3) is 0 Å². The molecule has 0 spiro atoms. The Bertz CT molecular complexity index is 750. The number of nitrogens with one attached hydrogen (secondary N) is 1. The summed E-state index contributed by atoms with van der Waals surface area (Å²) in [6, 6.07) is 2.85. The van der Waals surface area contributed by atoms with Crippen molar-refractivity contribution in [3.63, 3.8) is 0 Å². The second-order valence-corrected chi connectivity index (χ2v) is 6.77. The largest absolute Gasteiger partial charge is 0.480 e. The smallest absolute Gasteiger partial charge is 0.329 e. The fraction of sp³-hybridized carbons (Fsp3) is 0.471. The number of carboxylic acid groups (broad SMARTS) is 1. The van der Waals surface area contributed by atoms with Gasteiger partial charge in [-0.05, 0) is 37.8 Å². The Hall–Kier alpha value is -2.51. The van der Waals surface area contributed by atoms with E-state index in [4.69, 9.17) is 0 Å². The fourth-order valence-electron chi connectivity index (χ4n) is 3.17. The number of hydrogen-bond donors (Lipinski definition) is 2. The van der Waals surface area contributed by atoms with Gasteiger partial charge in [0.15, 0.2) is 0 Å². The van der Waals surface area contributed by atoms with E-state index in [0.29, 0.717) is 6.07 Å². The van der Waals surface area contributed by atoms with Gasteiger partial charge in [-0.2, -0.15) is 0 Å². The van der Waals surface area contributed by atoms with Gasteiger partial charge >= 0.3 is 5.97 Å². The molecule has 1 aliphatic carbocycles. The number of carbonyl (C=O) groups is 3. The van der Waals surface area contributed by atoms with Crippen LogP contribution in [0.1, 0.15) is 26.2 Å². The van der Waals surface area contributed by atoms with Gasteiger partial charge in [-0.1, -0.05) is 0 Å². The topological polar surface area (TPSA) is 86.7 Å². The Morgan fingerprint density at radius 1 is 1.32 bits per heavy atom. The number of carbonyl (C=O) groups excluding carboxylic acids is 2. The van der Waals surface area contributed by atoms with Gasteiger partial charge in [0.25, 0.3) is 0 Å². The lowest BCUT2D eigenvalue weighted by Gasteiger charge is -2.27. The highest BCUT2D eigenvalue weighted by molar-refractivity contribution is 6.01. The molecule has 25 heavy (non-hydrogen) atoms. The first-order valence-corrected chi connectivity index (χ1v) is 8.03. The second kappa shape index (κ2) is 6.09. The van der Waals surface area contributed by atoms with Crippen LogP contribution in [0.2, 0.25) is 0 Å². The molecule has 2 atom stereocenters. The maximum Gasteiger partial charge on any atom is 0.329 e. The van der Waals surface area contributed by atoms with Crippen molar-refractivity contribution in [2.45, 2.75) is 31.7 Å². The zero-order valence-electron chi connectivity index (χ0n) is 13.6. The molecule has 1 saturated heterocycles. The number of benzene rings is 1. The van der Waals surface area contributed by atoms with Crippen LogP contribution < -0.4 is 10.2 Å². The summed E-state index contributed by atoms with van der Waals surface area (Å²) in [7, 11) is 0. The van der Waals surface area contributed by atoms with Crippen molar-refractivity contribution < 1.29 is 28.3 Å². The van der Waals surface area contributed by atoms with Crippen molar-refractivity contribution in [1.29, 1.82) is 0 Å². The van der Waals surface area contributed by atoms with Crippen LogP contribution in [-0.4, -0.2) is 35.0 Å². The summed E-state index contributed by atoms with van der Waals surface area (Å²) in [5.74, 6) is -4.68. The molecule has 2 amide bonds. The molecule has 0 radical (unpaired) electrons. The molecule has 0 bridgehead atoms. The zero-order valence-corrected chi connectivity index (χ0v) is 13.6. The number of nitrogens with zero attached hydrogens (tertiary/aromatic N) is 1. The van der Waals surface area contributed by atoms with E-state index in [2.05, 4.69) is 5.32 Å². The van der Waals surface area contributed by atoms with E-state index in [1.165, 1.54) is 6.92 Å². The van der Waals surface area contributed by atoms with Crippen molar-refractivity contribution in [2.75, 3.05) is 11.4 Å². The van der Waals surface area contributed by atoms with E-state index in [1.54, 1.807) is 0 Å². The maximum atomic E-state index is 13.9. The summed E-state index contributed by atoms with van der Waals surface area (Å²) in [6.45, 7) is 1.38. The molecule has 2 aliphatic rings. The van der Waals surface area contributed by atoms with Crippen molar-refractivity contribution in [3.05, 3.63) is 29.8 Å². The number of hydrogen-bond acceptors (Lipinski definition) is 3. The Morgan fingerprint density at radius 3 is 2.56 bits per heavy atom. The van der Waals surface area contributed by atoms with Crippen molar-refractivity contribution in [3.8, 4) is 0 Å². The van der Waals surface area contributed by atoms with E-state index in [0.717, 1.165) is 29.9 Å². The van der Waals surface area contributed by atoms with Gasteiger partial charge in [0.1, 0.15) is 17.2 Å². The SMILES string of the molecule is C[C@](NC(=O)[C@H]1CC(=O)N(c2ccc(F)cc2F)C1)(C(=O)O)C1CC1. The summed E-state index contributed by atoms with van der Waals surface area (Å²) in [5.41, 5.74) is -1.46. The molecule has 1 aromatic carbocycles. The van der Waals surface area contributed by atoms with Gasteiger partial charge in [-0.15, -0.1) is 0 Å². The lowest BCUT2D eigenvalue weighted by Crippen LogP contribution is -2.55. The van der Waals surface area contributed by atoms with E-state index in [1.807, 2.05) is 0 Å². The summed E-state index contributed by atoms with van der Waals surface area (Å²) in [4.78, 5) is 37.2. The standard InChI is InChI=1S/C17H18F2N2O4/c1-17(16(24)25,10-2-3-10)20-15(23)9-6-14(22)21(8-9)13-5-4-11(18)7-12(13)19/h4-5,7,9-10H,2-3,6,8H2,1H3,(H,20,23)(H,24,25)/t9-,17+/m0/s1. The van der Waals surface area contributed by atoms with E-state index in [9.17, 15) is 28.3 Å². The molecule has 0 unspecified atom stereocenters. The summed E-state index contributed by atoms with van der Waals surface area (Å²) < 4.78 is 26.9. The fourth-order valence-corrected chi connectivity index (χ4v) is 3.17. The molecule has 1 heterocycles. The van der Waals surface area contributed by atoms with Gasteiger partial charge in [-0.3, -0.25) is 9.59 Å². The van der Waals surface area contributed by atoms with E-state index >= 15 is 0 Å². The van der Waals surface area contributed by atoms with Gasteiger partial charge < -0.3 is 15.3 Å². The van der Waals surface area contributed by atoms with Crippen LogP contribution in [-0.2, 0) is 14.4 Å². The number of rotatable bonds is 5. The first-order valence-electron chi connectivity index (χ1n) is 8.03. The summed E-state index contributed by atoms with van der Waals surface area (Å²) in [6.07, 6.45) is 1.29. The maximum absolute atomic E-state index is 13.9. The highest BCUT2D eigenvalue weighted by atomic mass is 19.1. The molecule has 6 nitrogen and oxygen atoms in total. The average Bonchev–Trinajstić information content (AvgIpc) is 3.31. The number of anilines is 1. The van der Waals surface area contributed by atoms with Crippen LogP contribution in [0.3, 0.4) is 0 Å². The normalized spacial score (nSPS) is 22.6. The minimum atomic E-state index is -1.37. The molecule has 1 aromatic rings. The Balaban J connectivity index is 1.73. The Kier molecular flexibility index (Phi) is 4.22. The van der Waals surface area contributed by atoms with E-state index < -0.39 is 40.9 Å². The molecular weight excluding hydrogens is 334 g/mol. The number of carboxylic acids is 1. The molecule has 134 valence electrons. The molecule has 2 fully saturated rings. The van der Waals surface area contributed by atoms with Crippen LogP contribution >= 0.6 is 0 Å². The molecular formula is C17H18F2N2O4. The third-order valence-corrected chi connectivity index (χ3v) is 4.92. The van der Waals surface area contributed by atoms with Crippen LogP contribution in [0.4, 0.5) is 14.5 Å². The third kappa shape index (κ3) is 3.20. The van der Waals surface area contributed by atoms with Crippen LogP contribution in [0.5, 0.6) is 0 Å². The predicted molar refractivity (Wildman–Crippen MR) is 83.7 cm³/mol. The van der Waals surface area contributed by atoms with Crippen molar-refractivity contribution in [2.24, 2.45) is 11.8 Å². The van der Waals surface area contributed by atoms with Gasteiger partial charge in [0.05, 0.1) is 11.6 Å². The quantitative estimate of drug-likeness (QED) is 0.844. The van der Waals surface area contributed by atoms with Gasteiger partial charge in [0, 0.05) is 19.0 Å². The van der Waals surface area contributed by atoms with E-state index in [-0.39, 0.29) is 24.6 Å². The average molecular weight is 352 g/mol. The first kappa shape index (κ1) is 17.3. The van der Waals surface area contributed by atoms with Gasteiger partial charge in [0.2, 0.25) is 11.8 Å².